The Balaban J connectivity index is 1.31. The summed E-state index contributed by atoms with van der Waals surface area (Å²) >= 11 is 0. The first-order valence-corrected chi connectivity index (χ1v) is 12.2. The van der Waals surface area contributed by atoms with Crippen LogP contribution in [0, 0.1) is 0 Å². The smallest absolute Gasteiger partial charge is 0.323 e. The Hall–Kier alpha value is -4.04. The summed E-state index contributed by atoms with van der Waals surface area (Å²) in [5, 5.41) is 8.59. The fraction of sp³-hybridized carbons (Fsp3) is 0.286. The summed E-state index contributed by atoms with van der Waals surface area (Å²) < 4.78 is 11.2. The molecule has 8 heteroatoms. The Morgan fingerprint density at radius 1 is 0.944 bits per heavy atom. The van der Waals surface area contributed by atoms with Crippen molar-refractivity contribution < 1.29 is 19.1 Å². The molecule has 36 heavy (non-hydrogen) atoms. The molecule has 0 aliphatic carbocycles. The molecule has 1 fully saturated rings. The Kier molecular flexibility index (Phi) is 8.41. The van der Waals surface area contributed by atoms with Gasteiger partial charge in [0.1, 0.15) is 17.2 Å². The van der Waals surface area contributed by atoms with E-state index in [2.05, 4.69) is 27.8 Å². The van der Waals surface area contributed by atoms with Crippen LogP contribution in [0.5, 0.6) is 17.2 Å². The third kappa shape index (κ3) is 6.55. The van der Waals surface area contributed by atoms with E-state index >= 15 is 0 Å². The second-order valence-electron chi connectivity index (χ2n) is 8.57. The van der Waals surface area contributed by atoms with E-state index in [0.29, 0.717) is 41.0 Å². The summed E-state index contributed by atoms with van der Waals surface area (Å²) in [7, 11) is 1.50. The first-order valence-electron chi connectivity index (χ1n) is 12.2. The number of carbonyl (C=O) groups excluding carboxylic acids is 2. The van der Waals surface area contributed by atoms with Crippen LogP contribution in [0.4, 0.5) is 16.2 Å². The summed E-state index contributed by atoms with van der Waals surface area (Å²) in [5.74, 6) is 1.61. The van der Waals surface area contributed by atoms with E-state index in [-0.39, 0.29) is 5.91 Å². The first-order chi connectivity index (χ1) is 17.6. The van der Waals surface area contributed by atoms with Crippen LogP contribution in [0.25, 0.3) is 0 Å². The number of amides is 3. The lowest BCUT2D eigenvalue weighted by Crippen LogP contribution is -2.40. The number of rotatable bonds is 9. The molecule has 0 bridgehead atoms. The molecule has 4 rings (SSSR count). The van der Waals surface area contributed by atoms with Crippen molar-refractivity contribution in [2.24, 2.45) is 0 Å². The summed E-state index contributed by atoms with van der Waals surface area (Å²) in [4.78, 5) is 27.7. The molecule has 0 radical (unpaired) electrons. The number of benzene rings is 3. The number of hydrogen-bond acceptors (Lipinski definition) is 5. The van der Waals surface area contributed by atoms with Crippen LogP contribution in [0.15, 0.2) is 72.8 Å². The molecule has 1 saturated heterocycles. The van der Waals surface area contributed by atoms with Crippen LogP contribution < -0.4 is 25.4 Å². The third-order valence-electron chi connectivity index (χ3n) is 6.20. The van der Waals surface area contributed by atoms with Crippen molar-refractivity contribution in [1.29, 1.82) is 0 Å². The number of likely N-dealkylation sites (tertiary alicyclic amines) is 1. The van der Waals surface area contributed by atoms with Crippen molar-refractivity contribution in [2.75, 3.05) is 37.4 Å². The van der Waals surface area contributed by atoms with Crippen LogP contribution in [0.2, 0.25) is 0 Å². The second kappa shape index (κ2) is 12.1. The zero-order valence-electron chi connectivity index (χ0n) is 20.6. The summed E-state index contributed by atoms with van der Waals surface area (Å²) in [5.41, 5.74) is 1.56. The minimum atomic E-state index is -0.410. The molecule has 0 spiro atoms. The number of nitrogens with one attached hydrogen (secondary N) is 3. The maximum atomic E-state index is 12.8. The molecular weight excluding hydrogens is 456 g/mol. The van der Waals surface area contributed by atoms with Gasteiger partial charge in [0.05, 0.1) is 12.7 Å². The number of ether oxygens (including phenoxy) is 2. The van der Waals surface area contributed by atoms with Crippen molar-refractivity contribution in [3.05, 3.63) is 78.4 Å². The van der Waals surface area contributed by atoms with Crippen LogP contribution in [-0.2, 0) is 0 Å². The molecule has 1 aliphatic heterocycles. The van der Waals surface area contributed by atoms with Gasteiger partial charge in [0.15, 0.2) is 0 Å². The topological polar surface area (TPSA) is 91.9 Å². The lowest BCUT2D eigenvalue weighted by molar-refractivity contribution is 0.0938. The highest BCUT2D eigenvalue weighted by Crippen LogP contribution is 2.25. The quantitative estimate of drug-likeness (QED) is 0.378. The number of urea groups is 1. The van der Waals surface area contributed by atoms with Gasteiger partial charge < -0.3 is 25.4 Å². The zero-order chi connectivity index (χ0) is 25.3. The lowest BCUT2D eigenvalue weighted by atomic mass is 10.1. The molecule has 3 aromatic rings. The van der Waals surface area contributed by atoms with Gasteiger partial charge in [0, 0.05) is 30.0 Å². The highest BCUT2D eigenvalue weighted by Gasteiger charge is 2.24. The van der Waals surface area contributed by atoms with Crippen molar-refractivity contribution in [2.45, 2.75) is 25.8 Å². The molecule has 0 saturated carbocycles. The summed E-state index contributed by atoms with van der Waals surface area (Å²) in [6.45, 7) is 4.81. The molecule has 1 heterocycles. The first kappa shape index (κ1) is 25.1. The number of anilines is 2. The van der Waals surface area contributed by atoms with Gasteiger partial charge >= 0.3 is 6.03 Å². The molecule has 188 valence electrons. The Bertz CT molecular complexity index is 1170. The Morgan fingerprint density at radius 3 is 2.36 bits per heavy atom. The average molecular weight is 489 g/mol. The number of para-hydroxylation sites is 1. The van der Waals surface area contributed by atoms with E-state index in [9.17, 15) is 9.59 Å². The van der Waals surface area contributed by atoms with Crippen LogP contribution in [-0.4, -0.2) is 49.6 Å². The molecule has 1 aliphatic rings. The molecule has 0 aromatic heterocycles. The average Bonchev–Trinajstić information content (AvgIpc) is 3.36. The van der Waals surface area contributed by atoms with E-state index in [1.165, 1.54) is 7.11 Å². The maximum absolute atomic E-state index is 12.8. The SMILES string of the molecule is CCN1CCC[C@@H]1CNC(=O)c1ccc(NC(=O)Nc2ccc(Oc3ccccc3)cc2)cc1OC. The predicted octanol–water partition coefficient (Wildman–Crippen LogP) is 5.35. The van der Waals surface area contributed by atoms with E-state index < -0.39 is 6.03 Å². The Morgan fingerprint density at radius 2 is 1.64 bits per heavy atom. The normalized spacial score (nSPS) is 15.2. The van der Waals surface area contributed by atoms with Crippen LogP contribution in [0.3, 0.4) is 0 Å². The van der Waals surface area contributed by atoms with Gasteiger partial charge in [-0.3, -0.25) is 9.69 Å². The van der Waals surface area contributed by atoms with E-state index in [1.807, 2.05) is 30.3 Å². The number of likely N-dealkylation sites (N-methyl/N-ethyl adjacent to an activating group) is 1. The summed E-state index contributed by atoms with van der Waals surface area (Å²) in [6, 6.07) is 21.5. The highest BCUT2D eigenvalue weighted by molar-refractivity contribution is 6.01. The number of methoxy groups -OCH3 is 1. The van der Waals surface area contributed by atoms with Gasteiger partial charge in [0.25, 0.3) is 5.91 Å². The van der Waals surface area contributed by atoms with Gasteiger partial charge in [-0.05, 0) is 74.5 Å². The lowest BCUT2D eigenvalue weighted by Gasteiger charge is -2.23. The monoisotopic (exact) mass is 488 g/mol. The minimum absolute atomic E-state index is 0.191. The molecule has 3 amide bonds. The number of carbonyl (C=O) groups is 2. The van der Waals surface area contributed by atoms with Crippen LogP contribution >= 0.6 is 0 Å². The second-order valence-corrected chi connectivity index (χ2v) is 8.57. The standard InChI is InChI=1S/C28H32N4O4/c1-3-32-17-7-8-22(32)19-29-27(33)25-16-13-21(18-26(25)35-2)31-28(34)30-20-11-14-24(15-12-20)36-23-9-5-4-6-10-23/h4-6,9-16,18,22H,3,7-8,17,19H2,1-2H3,(H,29,33)(H2,30,31,34)/t22-/m1/s1. The van der Waals surface area contributed by atoms with Gasteiger partial charge in [-0.25, -0.2) is 4.79 Å². The van der Waals surface area contributed by atoms with Crippen molar-refractivity contribution in [1.82, 2.24) is 10.2 Å². The molecule has 3 N–H and O–H groups in total. The molecule has 3 aromatic carbocycles. The highest BCUT2D eigenvalue weighted by atomic mass is 16.5. The van der Waals surface area contributed by atoms with Crippen LogP contribution in [0.1, 0.15) is 30.1 Å². The maximum Gasteiger partial charge on any atom is 0.323 e. The van der Waals surface area contributed by atoms with E-state index in [1.54, 1.807) is 42.5 Å². The van der Waals surface area contributed by atoms with Gasteiger partial charge in [-0.15, -0.1) is 0 Å². The van der Waals surface area contributed by atoms with Crippen molar-refractivity contribution >= 4 is 23.3 Å². The van der Waals surface area contributed by atoms with Crippen molar-refractivity contribution in [3.63, 3.8) is 0 Å². The van der Waals surface area contributed by atoms with Gasteiger partial charge in [-0.2, -0.15) is 0 Å². The molecule has 0 unspecified atom stereocenters. The predicted molar refractivity (Wildman–Crippen MR) is 141 cm³/mol. The van der Waals surface area contributed by atoms with E-state index in [4.69, 9.17) is 9.47 Å². The minimum Gasteiger partial charge on any atom is -0.496 e. The molecular formula is C28H32N4O4. The Labute approximate surface area is 211 Å². The molecule has 1 atom stereocenters. The van der Waals surface area contributed by atoms with Gasteiger partial charge in [-0.1, -0.05) is 25.1 Å². The van der Waals surface area contributed by atoms with Crippen molar-refractivity contribution in [3.8, 4) is 17.2 Å². The zero-order valence-corrected chi connectivity index (χ0v) is 20.6. The van der Waals surface area contributed by atoms with E-state index in [0.717, 1.165) is 31.7 Å². The van der Waals surface area contributed by atoms with Gasteiger partial charge in [0.2, 0.25) is 0 Å². The third-order valence-corrected chi connectivity index (χ3v) is 6.20. The number of hydrogen-bond donors (Lipinski definition) is 3. The molecule has 8 nitrogen and oxygen atoms in total. The number of nitrogens with zero attached hydrogens (tertiary/aromatic N) is 1. The fourth-order valence-corrected chi connectivity index (χ4v) is 4.33. The largest absolute Gasteiger partial charge is 0.496 e. The fourth-order valence-electron chi connectivity index (χ4n) is 4.33. The summed E-state index contributed by atoms with van der Waals surface area (Å²) in [6.07, 6.45) is 2.25.